The number of ether oxygens (including phenoxy) is 2. The number of nitrogens with zero attached hydrogens (tertiary/aromatic N) is 2. The lowest BCUT2D eigenvalue weighted by atomic mass is 10.0. The van der Waals surface area contributed by atoms with Gasteiger partial charge in [0.2, 0.25) is 5.78 Å². The summed E-state index contributed by atoms with van der Waals surface area (Å²) in [4.78, 5) is 59.2. The van der Waals surface area contributed by atoms with Gasteiger partial charge in [0.05, 0.1) is 38.6 Å². The molecule has 51 heavy (non-hydrogen) atoms. The Hall–Kier alpha value is -5.64. The first-order chi connectivity index (χ1) is 24.6. The van der Waals surface area contributed by atoms with Crippen LogP contribution in [0.4, 0.5) is 5.69 Å². The zero-order valence-electron chi connectivity index (χ0n) is 27.4. The van der Waals surface area contributed by atoms with Crippen LogP contribution in [-0.4, -0.2) is 34.7 Å². The lowest BCUT2D eigenvalue weighted by molar-refractivity contribution is 0.0320. The monoisotopic (exact) mass is 758 g/mol. The number of Topliss-reactive ketones (excluding diaryl/α,β-unsaturated/α-hetero) is 1. The number of benzene rings is 5. The summed E-state index contributed by atoms with van der Waals surface area (Å²) in [5.74, 6) is -1.29. The number of ketones is 1. The van der Waals surface area contributed by atoms with E-state index in [4.69, 9.17) is 26.1 Å². The molecule has 252 valence electrons. The van der Waals surface area contributed by atoms with Crippen LogP contribution in [0.2, 0.25) is 5.02 Å². The van der Waals surface area contributed by atoms with E-state index >= 15 is 0 Å². The highest BCUT2D eigenvalue weighted by molar-refractivity contribution is 9.10. The summed E-state index contributed by atoms with van der Waals surface area (Å²) in [6, 6.07) is 33.2. The van der Waals surface area contributed by atoms with Crippen molar-refractivity contribution in [2.75, 3.05) is 4.90 Å². The maximum atomic E-state index is 13.8. The second-order valence-corrected chi connectivity index (χ2v) is 13.2. The quantitative estimate of drug-likeness (QED) is 0.0822. The van der Waals surface area contributed by atoms with E-state index in [0.29, 0.717) is 72.0 Å². The molecule has 1 unspecified atom stereocenters. The number of hydrogen-bond acceptors (Lipinski definition) is 7. The van der Waals surface area contributed by atoms with Crippen LogP contribution in [0.15, 0.2) is 120 Å². The van der Waals surface area contributed by atoms with Gasteiger partial charge >= 0.3 is 5.97 Å². The predicted octanol–water partition coefficient (Wildman–Crippen LogP) is 9.43. The van der Waals surface area contributed by atoms with Gasteiger partial charge in [-0.1, -0.05) is 66.2 Å². The summed E-state index contributed by atoms with van der Waals surface area (Å²) in [7, 11) is 0. The minimum absolute atomic E-state index is 0.184. The van der Waals surface area contributed by atoms with Gasteiger partial charge in [-0.2, -0.15) is 0 Å². The lowest BCUT2D eigenvalue weighted by Crippen LogP contribution is -2.29. The van der Waals surface area contributed by atoms with E-state index in [1.807, 2.05) is 30.3 Å². The van der Waals surface area contributed by atoms with Gasteiger partial charge in [-0.25, -0.2) is 14.7 Å². The molecular formula is C41H28BrClN2O6. The first-order valence-corrected chi connectivity index (χ1v) is 17.2. The van der Waals surface area contributed by atoms with Crippen LogP contribution in [0.1, 0.15) is 59.5 Å². The van der Waals surface area contributed by atoms with Crippen LogP contribution in [0.3, 0.4) is 0 Å². The maximum absolute atomic E-state index is 13.8. The number of halogens is 2. The molecule has 6 aromatic rings. The van der Waals surface area contributed by atoms with Crippen molar-refractivity contribution < 1.29 is 28.7 Å². The Morgan fingerprint density at radius 2 is 1.47 bits per heavy atom. The van der Waals surface area contributed by atoms with E-state index < -0.39 is 23.9 Å². The SMILES string of the molecule is Cc1c(Cl)c(Br)cc2c(C(=O)OC(C)C(=O)c3ccc(OCc4ccccc4)cc3)cc(-c3ccc(N4C(=O)c5ccccc5C4=O)cc3)nc12. The summed E-state index contributed by atoms with van der Waals surface area (Å²) in [5, 5.41) is 0.923. The number of anilines is 1. The van der Waals surface area contributed by atoms with Crippen molar-refractivity contribution in [1.29, 1.82) is 0 Å². The molecule has 0 fully saturated rings. The topological polar surface area (TPSA) is 103 Å². The molecule has 2 heterocycles. The molecule has 1 atom stereocenters. The number of carbonyl (C=O) groups excluding carboxylic acids is 4. The van der Waals surface area contributed by atoms with Gasteiger partial charge in [0.25, 0.3) is 11.8 Å². The number of esters is 1. The van der Waals surface area contributed by atoms with Gasteiger partial charge in [-0.15, -0.1) is 0 Å². The van der Waals surface area contributed by atoms with Crippen LogP contribution < -0.4 is 9.64 Å². The summed E-state index contributed by atoms with van der Waals surface area (Å²) in [6.07, 6.45) is -1.10. The number of amides is 2. The fraction of sp³-hybridized carbons (Fsp3) is 0.0976. The Labute approximate surface area is 306 Å². The van der Waals surface area contributed by atoms with Crippen LogP contribution in [0.5, 0.6) is 5.75 Å². The Bertz CT molecular complexity index is 2330. The largest absolute Gasteiger partial charge is 0.489 e. The first kappa shape index (κ1) is 33.8. The molecule has 0 saturated carbocycles. The highest BCUT2D eigenvalue weighted by Gasteiger charge is 2.36. The van der Waals surface area contributed by atoms with E-state index in [0.717, 1.165) is 10.5 Å². The van der Waals surface area contributed by atoms with Crippen molar-refractivity contribution in [2.45, 2.75) is 26.6 Å². The molecule has 0 N–H and O–H groups in total. The van der Waals surface area contributed by atoms with Crippen LogP contribution in [0.25, 0.3) is 22.2 Å². The number of rotatable bonds is 9. The van der Waals surface area contributed by atoms with Crippen LogP contribution in [0, 0.1) is 6.92 Å². The van der Waals surface area contributed by atoms with Crippen LogP contribution >= 0.6 is 27.5 Å². The van der Waals surface area contributed by atoms with Crippen molar-refractivity contribution >= 4 is 67.7 Å². The van der Waals surface area contributed by atoms with Gasteiger partial charge < -0.3 is 9.47 Å². The molecule has 0 bridgehead atoms. The minimum Gasteiger partial charge on any atom is -0.489 e. The molecule has 1 aliphatic rings. The average Bonchev–Trinajstić information content (AvgIpc) is 3.41. The summed E-state index contributed by atoms with van der Waals surface area (Å²) >= 11 is 10.0. The van der Waals surface area contributed by atoms with E-state index in [9.17, 15) is 19.2 Å². The predicted molar refractivity (Wildman–Crippen MR) is 199 cm³/mol. The fourth-order valence-electron chi connectivity index (χ4n) is 5.95. The van der Waals surface area contributed by atoms with E-state index in [-0.39, 0.29) is 11.3 Å². The third kappa shape index (κ3) is 6.54. The van der Waals surface area contributed by atoms with Gasteiger partial charge in [-0.3, -0.25) is 14.4 Å². The molecule has 0 spiro atoms. The highest BCUT2D eigenvalue weighted by Crippen LogP contribution is 2.37. The average molecular weight is 760 g/mol. The zero-order chi connectivity index (χ0) is 35.8. The third-order valence-corrected chi connectivity index (χ3v) is 10.0. The summed E-state index contributed by atoms with van der Waals surface area (Å²) < 4.78 is 12.2. The molecule has 2 amide bonds. The molecule has 5 aromatic carbocycles. The summed E-state index contributed by atoms with van der Waals surface area (Å²) in [6.45, 7) is 3.72. The van der Waals surface area contributed by atoms with Gasteiger partial charge in [0.1, 0.15) is 12.4 Å². The number of imide groups is 1. The van der Waals surface area contributed by atoms with E-state index in [1.54, 1.807) is 91.9 Å². The van der Waals surface area contributed by atoms with Crippen molar-refractivity contribution in [3.05, 3.63) is 158 Å². The fourth-order valence-corrected chi connectivity index (χ4v) is 6.62. The Balaban J connectivity index is 1.14. The molecule has 7 rings (SSSR count). The highest BCUT2D eigenvalue weighted by atomic mass is 79.9. The second-order valence-electron chi connectivity index (χ2n) is 12.0. The lowest BCUT2D eigenvalue weighted by Gasteiger charge is -2.17. The minimum atomic E-state index is -1.10. The van der Waals surface area contributed by atoms with Gasteiger partial charge in [0, 0.05) is 21.0 Å². The molecule has 0 saturated heterocycles. The standard InChI is InChI=1S/C41H28BrClN2O6/c1-23-36(43)34(42)20-32-33(41(49)51-24(2)38(46)27-14-18-29(19-15-27)50-22-25-8-4-3-5-9-25)21-35(44-37(23)32)26-12-16-28(17-13-26)45-39(47)30-10-6-7-11-31(30)40(45)48/h3-21,24H,22H2,1-2H3. The Morgan fingerprint density at radius 1 is 0.843 bits per heavy atom. The second kappa shape index (κ2) is 13.9. The van der Waals surface area contributed by atoms with Gasteiger partial charge in [0.15, 0.2) is 6.10 Å². The molecule has 10 heteroatoms. The Morgan fingerprint density at radius 3 is 2.12 bits per heavy atom. The smallest absolute Gasteiger partial charge is 0.339 e. The molecule has 8 nitrogen and oxygen atoms in total. The van der Waals surface area contributed by atoms with E-state index in [2.05, 4.69) is 15.9 Å². The van der Waals surface area contributed by atoms with E-state index in [1.165, 1.54) is 6.92 Å². The molecular weight excluding hydrogens is 732 g/mol. The number of hydrogen-bond donors (Lipinski definition) is 0. The van der Waals surface area contributed by atoms with Crippen molar-refractivity contribution in [2.24, 2.45) is 0 Å². The number of carbonyl (C=O) groups is 4. The normalized spacial score (nSPS) is 12.9. The maximum Gasteiger partial charge on any atom is 0.339 e. The van der Waals surface area contributed by atoms with Crippen molar-refractivity contribution in [1.82, 2.24) is 4.98 Å². The van der Waals surface area contributed by atoms with Crippen molar-refractivity contribution in [3.8, 4) is 17.0 Å². The zero-order valence-corrected chi connectivity index (χ0v) is 29.7. The Kier molecular flexibility index (Phi) is 9.25. The molecule has 1 aliphatic heterocycles. The molecule has 1 aromatic heterocycles. The summed E-state index contributed by atoms with van der Waals surface area (Å²) in [5.41, 5.74) is 4.82. The number of aromatic nitrogens is 1. The van der Waals surface area contributed by atoms with Gasteiger partial charge in [-0.05, 0) is 102 Å². The van der Waals surface area contributed by atoms with Crippen LogP contribution in [-0.2, 0) is 11.3 Å². The number of pyridine rings is 1. The number of fused-ring (bicyclic) bond motifs is 2. The molecule has 0 radical (unpaired) electrons. The molecule has 0 aliphatic carbocycles. The first-order valence-electron chi connectivity index (χ1n) is 16.0. The van der Waals surface area contributed by atoms with Crippen molar-refractivity contribution in [3.63, 3.8) is 0 Å². The third-order valence-electron chi connectivity index (χ3n) is 8.70. The number of aryl methyl sites for hydroxylation is 1.